The summed E-state index contributed by atoms with van der Waals surface area (Å²) in [6, 6.07) is 109. The van der Waals surface area contributed by atoms with Crippen molar-refractivity contribution in [3.8, 4) is 89.0 Å². The van der Waals surface area contributed by atoms with E-state index in [1.165, 1.54) is 165 Å². The summed E-state index contributed by atoms with van der Waals surface area (Å²) < 4.78 is 0. The van der Waals surface area contributed by atoms with Crippen molar-refractivity contribution in [1.29, 1.82) is 0 Å². The van der Waals surface area contributed by atoms with Gasteiger partial charge in [-0.1, -0.05) is 281 Å². The van der Waals surface area contributed by atoms with Gasteiger partial charge < -0.3 is 0 Å². The van der Waals surface area contributed by atoms with Crippen molar-refractivity contribution < 1.29 is 0 Å². The van der Waals surface area contributed by atoms with Gasteiger partial charge in [0.15, 0.2) is 0 Å². The highest BCUT2D eigenvalue weighted by Crippen LogP contribution is 2.55. The molecule has 0 saturated carbocycles. The molecule has 0 spiro atoms. The van der Waals surface area contributed by atoms with E-state index in [9.17, 15) is 0 Å². The fourth-order valence-corrected chi connectivity index (χ4v) is 14.2. The van der Waals surface area contributed by atoms with E-state index in [0.29, 0.717) is 0 Å². The molecule has 0 nitrogen and oxygen atoms in total. The molecule has 0 amide bonds. The molecule has 81 heavy (non-hydrogen) atoms. The maximum atomic E-state index is 2.52. The van der Waals surface area contributed by atoms with Crippen LogP contribution in [-0.4, -0.2) is 0 Å². The van der Waals surface area contributed by atoms with Gasteiger partial charge in [-0.3, -0.25) is 0 Å². The zero-order valence-corrected chi connectivity index (χ0v) is 45.2. The summed E-state index contributed by atoms with van der Waals surface area (Å²) in [5.41, 5.74) is 22.5. The average molecular weight is 1030 g/mol. The van der Waals surface area contributed by atoms with Gasteiger partial charge in [0.2, 0.25) is 0 Å². The number of fused-ring (bicyclic) bond motifs is 9. The molecule has 0 atom stereocenters. The molecular weight excluding hydrogens is 973 g/mol. The molecule has 16 rings (SSSR count). The topological polar surface area (TPSA) is 0 Å². The Morgan fingerprint density at radius 1 is 0.173 bits per heavy atom. The van der Waals surface area contributed by atoms with Crippen molar-refractivity contribution in [3.05, 3.63) is 302 Å². The highest BCUT2D eigenvalue weighted by Gasteiger charge is 2.37. The summed E-state index contributed by atoms with van der Waals surface area (Å²) in [5.74, 6) is 0. The van der Waals surface area contributed by atoms with Crippen LogP contribution in [0.15, 0.2) is 291 Å². The molecule has 1 aliphatic rings. The van der Waals surface area contributed by atoms with E-state index in [1.54, 1.807) is 0 Å². The summed E-state index contributed by atoms with van der Waals surface area (Å²) in [6.07, 6.45) is 0. The Bertz CT molecular complexity index is 4890. The van der Waals surface area contributed by atoms with Gasteiger partial charge in [0, 0.05) is 5.41 Å². The van der Waals surface area contributed by atoms with Crippen LogP contribution in [0.5, 0.6) is 0 Å². The van der Waals surface area contributed by atoms with Gasteiger partial charge in [0.1, 0.15) is 0 Å². The fourth-order valence-electron chi connectivity index (χ4n) is 14.2. The molecule has 1 aliphatic carbocycles. The molecule has 15 aromatic carbocycles. The molecule has 0 heteroatoms. The second-order valence-corrected chi connectivity index (χ2v) is 22.6. The third-order valence-electron chi connectivity index (χ3n) is 17.8. The normalized spacial score (nSPS) is 12.7. The second kappa shape index (κ2) is 18.5. The van der Waals surface area contributed by atoms with E-state index in [-0.39, 0.29) is 5.41 Å². The third kappa shape index (κ3) is 7.30. The molecule has 0 heterocycles. The van der Waals surface area contributed by atoms with Crippen LogP contribution in [0.25, 0.3) is 154 Å². The van der Waals surface area contributed by atoms with Crippen molar-refractivity contribution in [2.24, 2.45) is 0 Å². The zero-order chi connectivity index (χ0) is 53.8. The van der Waals surface area contributed by atoms with Crippen LogP contribution in [0, 0.1) is 0 Å². The van der Waals surface area contributed by atoms with Crippen LogP contribution in [0.2, 0.25) is 0 Å². The quantitative estimate of drug-likeness (QED) is 0.140. The van der Waals surface area contributed by atoms with Crippen molar-refractivity contribution >= 4 is 64.6 Å². The number of benzene rings is 15. The van der Waals surface area contributed by atoms with E-state index in [4.69, 9.17) is 0 Å². The second-order valence-electron chi connectivity index (χ2n) is 22.6. The van der Waals surface area contributed by atoms with Gasteiger partial charge in [0.05, 0.1) is 0 Å². The van der Waals surface area contributed by atoms with Gasteiger partial charge in [0.25, 0.3) is 0 Å². The summed E-state index contributed by atoms with van der Waals surface area (Å²) in [7, 11) is 0. The Balaban J connectivity index is 0.849. The lowest BCUT2D eigenvalue weighted by molar-refractivity contribution is 0.661. The largest absolute Gasteiger partial charge is 0.0622 e. The van der Waals surface area contributed by atoms with E-state index < -0.39 is 0 Å². The molecule has 0 aliphatic heterocycles. The van der Waals surface area contributed by atoms with Gasteiger partial charge >= 0.3 is 0 Å². The fraction of sp³-hybridized carbons (Fsp3) is 0.0370. The molecule has 0 unspecified atom stereocenters. The van der Waals surface area contributed by atoms with E-state index in [0.717, 1.165) is 0 Å². The summed E-state index contributed by atoms with van der Waals surface area (Å²) in [4.78, 5) is 0. The van der Waals surface area contributed by atoms with Gasteiger partial charge in [-0.2, -0.15) is 0 Å². The number of rotatable bonds is 7. The number of hydrogen-bond donors (Lipinski definition) is 0. The van der Waals surface area contributed by atoms with Gasteiger partial charge in [-0.05, 0) is 189 Å². The minimum atomic E-state index is -0.272. The Kier molecular flexibility index (Phi) is 10.7. The molecule has 0 bridgehead atoms. The Labute approximate surface area is 472 Å². The van der Waals surface area contributed by atoms with E-state index in [2.05, 4.69) is 305 Å². The molecular formula is C81H54. The first kappa shape index (κ1) is 46.9. The standard InChI is InChI=1S/C81H54/c1-81(2)73-49-57(77-63-33-11-9-31-61(63)75(62-32-10-12-34-64(62)77)55-29-21-27-53(47-55)51-23-5-3-6-24-51)43-45-59(73)60-46-44-58(50-74(60)81)78-67-37-15-19-41-71(67)80(72-42-20-16-38-68(72)78)79-69-39-17-13-35-65(69)76(66-36-14-18-40-70(66)79)56-30-22-28-54(48-56)52-25-7-4-8-26-52/h3-50H,1-2H3. The molecule has 0 fully saturated rings. The lowest BCUT2D eigenvalue weighted by atomic mass is 9.78. The van der Waals surface area contributed by atoms with Crippen LogP contribution in [0.1, 0.15) is 25.0 Å². The zero-order valence-electron chi connectivity index (χ0n) is 45.2. The van der Waals surface area contributed by atoms with Gasteiger partial charge in [-0.25, -0.2) is 0 Å². The van der Waals surface area contributed by atoms with Gasteiger partial charge in [-0.15, -0.1) is 0 Å². The minimum Gasteiger partial charge on any atom is -0.0622 e. The lowest BCUT2D eigenvalue weighted by Gasteiger charge is -2.24. The summed E-state index contributed by atoms with van der Waals surface area (Å²) in [6.45, 7) is 4.86. The predicted octanol–water partition coefficient (Wildman–Crippen LogP) is 22.6. The van der Waals surface area contributed by atoms with Crippen molar-refractivity contribution in [2.45, 2.75) is 19.3 Å². The molecule has 0 aromatic heterocycles. The SMILES string of the molecule is CC1(C)c2cc(-c3c4ccccc4c(-c4cccc(-c5ccccc5)c4)c4ccccc34)ccc2-c2ccc(-c3c4ccccc4c(-c4c5ccccc5c(-c5cccc(-c6ccccc6)c5)c5ccccc45)c4ccccc34)cc21. The van der Waals surface area contributed by atoms with Crippen LogP contribution in [0.3, 0.4) is 0 Å². The average Bonchev–Trinajstić information content (AvgIpc) is 4.01. The summed E-state index contributed by atoms with van der Waals surface area (Å²) in [5, 5.41) is 15.1. The smallest absolute Gasteiger partial charge is 0.0159 e. The summed E-state index contributed by atoms with van der Waals surface area (Å²) >= 11 is 0. The highest BCUT2D eigenvalue weighted by atomic mass is 14.4. The van der Waals surface area contributed by atoms with E-state index in [1.807, 2.05) is 0 Å². The molecule has 15 aromatic rings. The minimum absolute atomic E-state index is 0.272. The predicted molar refractivity (Wildman–Crippen MR) is 347 cm³/mol. The first-order chi connectivity index (χ1) is 40.0. The van der Waals surface area contributed by atoms with Crippen molar-refractivity contribution in [3.63, 3.8) is 0 Å². The van der Waals surface area contributed by atoms with Crippen LogP contribution in [-0.2, 0) is 5.41 Å². The maximum Gasteiger partial charge on any atom is 0.0159 e. The van der Waals surface area contributed by atoms with Crippen molar-refractivity contribution in [2.75, 3.05) is 0 Å². The third-order valence-corrected chi connectivity index (χ3v) is 17.8. The highest BCUT2D eigenvalue weighted by molar-refractivity contribution is 6.30. The molecule has 0 radical (unpaired) electrons. The monoisotopic (exact) mass is 1030 g/mol. The lowest BCUT2D eigenvalue weighted by Crippen LogP contribution is -2.15. The maximum absolute atomic E-state index is 2.52. The Morgan fingerprint density at radius 3 is 0.679 bits per heavy atom. The van der Waals surface area contributed by atoms with E-state index >= 15 is 0 Å². The Hall–Kier alpha value is -10.1. The van der Waals surface area contributed by atoms with Crippen LogP contribution in [0.4, 0.5) is 0 Å². The van der Waals surface area contributed by atoms with Crippen LogP contribution < -0.4 is 0 Å². The molecule has 0 saturated heterocycles. The Morgan fingerprint density at radius 2 is 0.395 bits per heavy atom. The first-order valence-electron chi connectivity index (χ1n) is 28.4. The molecule has 0 N–H and O–H groups in total. The first-order valence-corrected chi connectivity index (χ1v) is 28.4. The van der Waals surface area contributed by atoms with Crippen LogP contribution >= 0.6 is 0 Å². The number of hydrogen-bond acceptors (Lipinski definition) is 0. The van der Waals surface area contributed by atoms with Crippen molar-refractivity contribution in [1.82, 2.24) is 0 Å². The molecule has 378 valence electrons.